The maximum Gasteiger partial charge on any atom is 0.277 e. The fraction of sp³-hybridized carbons (Fsp3) is 0.667. The Balaban J connectivity index is 1.79. The molecule has 1 amide bonds. The molecule has 1 aromatic heterocycles. The normalized spacial score (nSPS) is 17.6. The standard InChI is InChI=1S/C9H16N6O3S/c10-19(17,18)15-5-3-13(4-6-15)9(16)1-2-14-8-11-7-12-14/h7-8H,1-6H2,(H2,10,17,18). The number of nitrogens with two attached hydrogens (primary N) is 1. The largest absolute Gasteiger partial charge is 0.340 e. The highest BCUT2D eigenvalue weighted by Crippen LogP contribution is 2.06. The molecule has 1 aliphatic heterocycles. The van der Waals surface area contributed by atoms with Crippen molar-refractivity contribution in [1.29, 1.82) is 0 Å². The van der Waals surface area contributed by atoms with E-state index in [1.807, 2.05) is 0 Å². The monoisotopic (exact) mass is 288 g/mol. The predicted octanol–water partition coefficient (Wildman–Crippen LogP) is -1.98. The molecule has 19 heavy (non-hydrogen) atoms. The van der Waals surface area contributed by atoms with Crippen LogP contribution in [0.15, 0.2) is 12.7 Å². The summed E-state index contributed by atoms with van der Waals surface area (Å²) in [5.41, 5.74) is 0. The van der Waals surface area contributed by atoms with Crippen LogP contribution in [-0.4, -0.2) is 64.5 Å². The molecule has 1 aromatic rings. The average Bonchev–Trinajstić information content (AvgIpc) is 2.88. The molecule has 9 nitrogen and oxygen atoms in total. The zero-order valence-electron chi connectivity index (χ0n) is 10.3. The number of rotatable bonds is 4. The fourth-order valence-electron chi connectivity index (χ4n) is 1.91. The predicted molar refractivity (Wildman–Crippen MR) is 65.9 cm³/mol. The minimum Gasteiger partial charge on any atom is -0.340 e. The smallest absolute Gasteiger partial charge is 0.277 e. The number of nitrogens with zero attached hydrogens (tertiary/aromatic N) is 5. The molecule has 1 saturated heterocycles. The molecule has 0 atom stereocenters. The third-order valence-corrected chi connectivity index (χ3v) is 4.06. The van der Waals surface area contributed by atoms with Crippen LogP contribution in [0.25, 0.3) is 0 Å². The van der Waals surface area contributed by atoms with Crippen molar-refractivity contribution in [2.75, 3.05) is 26.2 Å². The van der Waals surface area contributed by atoms with Crippen LogP contribution in [0.4, 0.5) is 0 Å². The van der Waals surface area contributed by atoms with Gasteiger partial charge < -0.3 is 4.90 Å². The third-order valence-electron chi connectivity index (χ3n) is 2.97. The highest BCUT2D eigenvalue weighted by molar-refractivity contribution is 7.86. The molecule has 2 rings (SSSR count). The Hall–Kier alpha value is -1.52. The molecule has 0 aromatic carbocycles. The number of hydrogen-bond acceptors (Lipinski definition) is 5. The second-order valence-electron chi connectivity index (χ2n) is 4.23. The summed E-state index contributed by atoms with van der Waals surface area (Å²) in [6.07, 6.45) is 3.28. The van der Waals surface area contributed by atoms with Crippen LogP contribution < -0.4 is 5.14 Å². The number of piperazine rings is 1. The SMILES string of the molecule is NS(=O)(=O)N1CCN(C(=O)CCn2cncn2)CC1. The van der Waals surface area contributed by atoms with E-state index in [0.29, 0.717) is 26.1 Å². The first kappa shape index (κ1) is 13.9. The molecule has 0 radical (unpaired) electrons. The van der Waals surface area contributed by atoms with E-state index in [0.717, 1.165) is 0 Å². The third kappa shape index (κ3) is 3.72. The van der Waals surface area contributed by atoms with Crippen molar-refractivity contribution in [3.05, 3.63) is 12.7 Å². The van der Waals surface area contributed by atoms with Gasteiger partial charge in [0.2, 0.25) is 5.91 Å². The summed E-state index contributed by atoms with van der Waals surface area (Å²) in [5.74, 6) is -0.0235. The lowest BCUT2D eigenvalue weighted by molar-refractivity contribution is -0.132. The molecule has 0 spiro atoms. The van der Waals surface area contributed by atoms with Gasteiger partial charge in [0.05, 0.1) is 6.54 Å². The van der Waals surface area contributed by atoms with Gasteiger partial charge in [-0.3, -0.25) is 9.48 Å². The average molecular weight is 288 g/mol. The summed E-state index contributed by atoms with van der Waals surface area (Å²) in [6.45, 7) is 1.69. The summed E-state index contributed by atoms with van der Waals surface area (Å²) in [6, 6.07) is 0. The maximum absolute atomic E-state index is 11.9. The molecule has 2 heterocycles. The fourth-order valence-corrected chi connectivity index (χ4v) is 2.58. The Morgan fingerprint density at radius 2 is 1.95 bits per heavy atom. The molecule has 1 fully saturated rings. The Labute approximate surface area is 111 Å². The molecule has 1 aliphatic rings. The van der Waals surface area contributed by atoms with Crippen LogP contribution in [0.5, 0.6) is 0 Å². The molecular weight excluding hydrogens is 272 g/mol. The number of aromatic nitrogens is 3. The zero-order chi connectivity index (χ0) is 13.9. The second kappa shape index (κ2) is 5.63. The van der Waals surface area contributed by atoms with E-state index in [4.69, 9.17) is 5.14 Å². The molecule has 0 aliphatic carbocycles. The van der Waals surface area contributed by atoms with Gasteiger partial charge in [0.25, 0.3) is 10.2 Å². The quantitative estimate of drug-likeness (QED) is 0.689. The van der Waals surface area contributed by atoms with Gasteiger partial charge in [-0.15, -0.1) is 0 Å². The Morgan fingerprint density at radius 1 is 1.26 bits per heavy atom. The summed E-state index contributed by atoms with van der Waals surface area (Å²) >= 11 is 0. The first-order chi connectivity index (χ1) is 8.97. The Morgan fingerprint density at radius 3 is 2.47 bits per heavy atom. The first-order valence-electron chi connectivity index (χ1n) is 5.85. The second-order valence-corrected chi connectivity index (χ2v) is 5.78. The van der Waals surface area contributed by atoms with Crippen molar-refractivity contribution in [3.63, 3.8) is 0 Å². The summed E-state index contributed by atoms with van der Waals surface area (Å²) in [5, 5.41) is 8.94. The lowest BCUT2D eigenvalue weighted by Crippen LogP contribution is -2.52. The van der Waals surface area contributed by atoms with Crippen molar-refractivity contribution in [2.24, 2.45) is 5.14 Å². The highest BCUT2D eigenvalue weighted by atomic mass is 32.2. The van der Waals surface area contributed by atoms with Gasteiger partial charge in [-0.2, -0.15) is 17.8 Å². The van der Waals surface area contributed by atoms with Gasteiger partial charge in [0.1, 0.15) is 12.7 Å². The molecule has 0 unspecified atom stereocenters. The lowest BCUT2D eigenvalue weighted by atomic mass is 10.3. The highest BCUT2D eigenvalue weighted by Gasteiger charge is 2.26. The molecule has 106 valence electrons. The van der Waals surface area contributed by atoms with Crippen LogP contribution >= 0.6 is 0 Å². The van der Waals surface area contributed by atoms with E-state index < -0.39 is 10.2 Å². The maximum atomic E-state index is 11.9. The molecule has 10 heteroatoms. The van der Waals surface area contributed by atoms with E-state index >= 15 is 0 Å². The Bertz CT molecular complexity index is 520. The van der Waals surface area contributed by atoms with Crippen LogP contribution in [0.2, 0.25) is 0 Å². The van der Waals surface area contributed by atoms with E-state index in [-0.39, 0.29) is 19.0 Å². The van der Waals surface area contributed by atoms with E-state index in [1.54, 1.807) is 15.9 Å². The van der Waals surface area contributed by atoms with E-state index in [9.17, 15) is 13.2 Å². The summed E-state index contributed by atoms with van der Waals surface area (Å²) in [4.78, 5) is 17.3. The van der Waals surface area contributed by atoms with E-state index in [2.05, 4.69) is 10.1 Å². The number of amides is 1. The zero-order valence-corrected chi connectivity index (χ0v) is 11.2. The van der Waals surface area contributed by atoms with Gasteiger partial charge in [-0.1, -0.05) is 0 Å². The van der Waals surface area contributed by atoms with Gasteiger partial charge in [-0.25, -0.2) is 10.1 Å². The minimum atomic E-state index is -3.65. The molecule has 2 N–H and O–H groups in total. The van der Waals surface area contributed by atoms with Crippen LogP contribution in [0.3, 0.4) is 0 Å². The Kier molecular flexibility index (Phi) is 4.12. The van der Waals surface area contributed by atoms with Gasteiger partial charge in [0, 0.05) is 32.6 Å². The van der Waals surface area contributed by atoms with Crippen LogP contribution in [-0.2, 0) is 21.5 Å². The van der Waals surface area contributed by atoms with Crippen molar-refractivity contribution >= 4 is 16.1 Å². The van der Waals surface area contributed by atoms with Gasteiger partial charge >= 0.3 is 0 Å². The van der Waals surface area contributed by atoms with Crippen molar-refractivity contribution < 1.29 is 13.2 Å². The molecule has 0 bridgehead atoms. The van der Waals surface area contributed by atoms with Gasteiger partial charge in [-0.05, 0) is 0 Å². The number of hydrogen-bond donors (Lipinski definition) is 1. The van der Waals surface area contributed by atoms with Crippen molar-refractivity contribution in [3.8, 4) is 0 Å². The van der Waals surface area contributed by atoms with Crippen LogP contribution in [0, 0.1) is 0 Å². The molecular formula is C9H16N6O3S. The number of carbonyl (C=O) groups is 1. The van der Waals surface area contributed by atoms with Crippen molar-refractivity contribution in [2.45, 2.75) is 13.0 Å². The van der Waals surface area contributed by atoms with Gasteiger partial charge in [0.15, 0.2) is 0 Å². The summed E-state index contributed by atoms with van der Waals surface area (Å²) < 4.78 is 25.0. The van der Waals surface area contributed by atoms with Crippen molar-refractivity contribution in [1.82, 2.24) is 24.0 Å². The number of carbonyl (C=O) groups excluding carboxylic acids is 1. The van der Waals surface area contributed by atoms with Crippen LogP contribution in [0.1, 0.15) is 6.42 Å². The number of aryl methyl sites for hydroxylation is 1. The summed E-state index contributed by atoms with van der Waals surface area (Å²) in [7, 11) is -3.65. The minimum absolute atomic E-state index is 0.0235. The topological polar surface area (TPSA) is 114 Å². The molecule has 0 saturated carbocycles. The van der Waals surface area contributed by atoms with E-state index in [1.165, 1.54) is 10.6 Å². The lowest BCUT2D eigenvalue weighted by Gasteiger charge is -2.32. The first-order valence-corrected chi connectivity index (χ1v) is 7.35.